The van der Waals surface area contributed by atoms with Crippen LogP contribution in [0.15, 0.2) is 47.4 Å². The Hall–Kier alpha value is -2.82. The second kappa shape index (κ2) is 10.9. The third kappa shape index (κ3) is 6.16. The summed E-state index contributed by atoms with van der Waals surface area (Å²) in [6, 6.07) is 9.54. The molecule has 0 aliphatic carbocycles. The first kappa shape index (κ1) is 24.8. The van der Waals surface area contributed by atoms with Gasteiger partial charge < -0.3 is 21.1 Å². The highest BCUT2D eigenvalue weighted by molar-refractivity contribution is 7.89. The molecule has 3 amide bonds. The zero-order valence-electron chi connectivity index (χ0n) is 18.2. The SMILES string of the molecule is COc1ccc(S(=O)(=O)N2CCCCC2)cc1NC(=O)C[C@H](NC(N)=O)c1ccccc1Cl. The third-order valence-corrected chi connectivity index (χ3v) is 7.62. The molecule has 1 atom stereocenters. The standard InChI is InChI=1S/C22H27ClN4O5S/c1-32-20-10-9-15(33(30,31)27-11-5-2-6-12-27)13-19(20)25-21(28)14-18(26-22(24)29)16-7-3-4-8-17(16)23/h3-4,7-10,13,18H,2,5-6,11-12,14H2,1H3,(H,25,28)(H3,24,26,29)/t18-/m0/s1. The number of methoxy groups -OCH3 is 1. The topological polar surface area (TPSA) is 131 Å². The monoisotopic (exact) mass is 494 g/mol. The molecular weight excluding hydrogens is 468 g/mol. The summed E-state index contributed by atoms with van der Waals surface area (Å²) in [5, 5.41) is 5.58. The summed E-state index contributed by atoms with van der Waals surface area (Å²) in [7, 11) is -2.28. The molecule has 9 nitrogen and oxygen atoms in total. The number of piperidine rings is 1. The molecule has 2 aromatic carbocycles. The smallest absolute Gasteiger partial charge is 0.312 e. The average molecular weight is 495 g/mol. The van der Waals surface area contributed by atoms with Crippen LogP contribution in [0.2, 0.25) is 5.02 Å². The maximum atomic E-state index is 13.0. The van der Waals surface area contributed by atoms with E-state index in [0.717, 1.165) is 19.3 Å². The molecule has 0 unspecified atom stereocenters. The maximum absolute atomic E-state index is 13.0. The number of nitrogens with two attached hydrogens (primary N) is 1. The van der Waals surface area contributed by atoms with Crippen LogP contribution < -0.4 is 21.1 Å². The number of sulfonamides is 1. The van der Waals surface area contributed by atoms with Crippen LogP contribution in [-0.2, 0) is 14.8 Å². The van der Waals surface area contributed by atoms with Crippen LogP contribution in [0.5, 0.6) is 5.75 Å². The molecule has 178 valence electrons. The van der Waals surface area contributed by atoms with Gasteiger partial charge in [0.05, 0.1) is 30.2 Å². The second-order valence-corrected chi connectivity index (χ2v) is 10.0. The number of carbonyl (C=O) groups excluding carboxylic acids is 2. The van der Waals surface area contributed by atoms with Gasteiger partial charge in [-0.3, -0.25) is 4.79 Å². The Morgan fingerprint density at radius 3 is 2.48 bits per heavy atom. The normalized spacial score (nSPS) is 15.5. The number of primary amides is 1. The molecular formula is C22H27ClN4O5S. The summed E-state index contributed by atoms with van der Waals surface area (Å²) >= 11 is 6.22. The Kier molecular flexibility index (Phi) is 8.17. The van der Waals surface area contributed by atoms with Crippen molar-refractivity contribution in [2.75, 3.05) is 25.5 Å². The van der Waals surface area contributed by atoms with E-state index in [0.29, 0.717) is 29.4 Å². The number of anilines is 1. The van der Waals surface area contributed by atoms with E-state index in [-0.39, 0.29) is 17.0 Å². The predicted octanol–water partition coefficient (Wildman–Crippen LogP) is 3.26. The number of benzene rings is 2. The van der Waals surface area contributed by atoms with Crippen molar-refractivity contribution in [3.8, 4) is 5.75 Å². The van der Waals surface area contributed by atoms with Crippen LogP contribution in [0.3, 0.4) is 0 Å². The second-order valence-electron chi connectivity index (χ2n) is 7.66. The lowest BCUT2D eigenvalue weighted by molar-refractivity contribution is -0.116. The molecule has 1 heterocycles. The highest BCUT2D eigenvalue weighted by Crippen LogP contribution is 2.31. The van der Waals surface area contributed by atoms with E-state index in [1.807, 2.05) is 0 Å². The molecule has 3 rings (SSSR count). The van der Waals surface area contributed by atoms with Crippen molar-refractivity contribution in [3.05, 3.63) is 53.1 Å². The van der Waals surface area contributed by atoms with Gasteiger partial charge in [-0.05, 0) is 42.7 Å². The molecule has 0 aromatic heterocycles. The van der Waals surface area contributed by atoms with Gasteiger partial charge in [-0.25, -0.2) is 13.2 Å². The number of urea groups is 1. The highest BCUT2D eigenvalue weighted by atomic mass is 35.5. The lowest BCUT2D eigenvalue weighted by Gasteiger charge is -2.26. The lowest BCUT2D eigenvalue weighted by Crippen LogP contribution is -2.36. The number of carbonyl (C=O) groups is 2. The number of rotatable bonds is 8. The molecule has 1 aliphatic rings. The van der Waals surface area contributed by atoms with Crippen LogP contribution >= 0.6 is 11.6 Å². The van der Waals surface area contributed by atoms with E-state index in [2.05, 4.69) is 10.6 Å². The average Bonchev–Trinajstić information content (AvgIpc) is 2.79. The maximum Gasteiger partial charge on any atom is 0.312 e. The Morgan fingerprint density at radius 1 is 1.15 bits per heavy atom. The fourth-order valence-electron chi connectivity index (χ4n) is 3.75. The zero-order valence-corrected chi connectivity index (χ0v) is 19.8. The molecule has 0 saturated carbocycles. The molecule has 1 fully saturated rings. The summed E-state index contributed by atoms with van der Waals surface area (Å²) in [6.07, 6.45) is 2.45. The van der Waals surface area contributed by atoms with E-state index >= 15 is 0 Å². The van der Waals surface area contributed by atoms with E-state index in [9.17, 15) is 18.0 Å². The molecule has 1 aliphatic heterocycles. The van der Waals surface area contributed by atoms with Crippen molar-refractivity contribution in [2.24, 2.45) is 5.73 Å². The molecule has 2 aromatic rings. The van der Waals surface area contributed by atoms with Gasteiger partial charge in [-0.2, -0.15) is 4.31 Å². The van der Waals surface area contributed by atoms with Crippen LogP contribution in [0.1, 0.15) is 37.3 Å². The minimum absolute atomic E-state index is 0.0680. The van der Waals surface area contributed by atoms with Crippen molar-refractivity contribution >= 4 is 39.2 Å². The van der Waals surface area contributed by atoms with Gasteiger partial charge in [0, 0.05) is 18.1 Å². The summed E-state index contributed by atoms with van der Waals surface area (Å²) in [6.45, 7) is 0.933. The highest BCUT2D eigenvalue weighted by Gasteiger charge is 2.27. The van der Waals surface area contributed by atoms with Crippen LogP contribution in [-0.4, -0.2) is 44.9 Å². The number of hydrogen-bond donors (Lipinski definition) is 3. The van der Waals surface area contributed by atoms with Crippen LogP contribution in [0, 0.1) is 0 Å². The summed E-state index contributed by atoms with van der Waals surface area (Å²) in [5.41, 5.74) is 6.01. The van der Waals surface area contributed by atoms with E-state index in [1.54, 1.807) is 24.3 Å². The number of nitrogens with one attached hydrogen (secondary N) is 2. The minimum Gasteiger partial charge on any atom is -0.495 e. The first-order valence-corrected chi connectivity index (χ1v) is 12.3. The van der Waals surface area contributed by atoms with Gasteiger partial charge in [0.2, 0.25) is 15.9 Å². The van der Waals surface area contributed by atoms with Crippen LogP contribution in [0.4, 0.5) is 10.5 Å². The van der Waals surface area contributed by atoms with Crippen molar-refractivity contribution < 1.29 is 22.7 Å². The first-order valence-electron chi connectivity index (χ1n) is 10.5. The van der Waals surface area contributed by atoms with Gasteiger partial charge in [0.15, 0.2) is 0 Å². The number of ether oxygens (including phenoxy) is 1. The minimum atomic E-state index is -3.70. The molecule has 4 N–H and O–H groups in total. The number of amides is 3. The quantitative estimate of drug-likeness (QED) is 0.518. The van der Waals surface area contributed by atoms with Crippen molar-refractivity contribution in [1.29, 1.82) is 0 Å². The first-order chi connectivity index (χ1) is 15.7. The van der Waals surface area contributed by atoms with Crippen molar-refractivity contribution in [3.63, 3.8) is 0 Å². The third-order valence-electron chi connectivity index (χ3n) is 5.38. The van der Waals surface area contributed by atoms with Gasteiger partial charge in [-0.1, -0.05) is 36.2 Å². The van der Waals surface area contributed by atoms with Gasteiger partial charge in [-0.15, -0.1) is 0 Å². The summed E-state index contributed by atoms with van der Waals surface area (Å²) < 4.78 is 32.8. The Balaban J connectivity index is 1.83. The van der Waals surface area contributed by atoms with Gasteiger partial charge in [0.1, 0.15) is 5.75 Å². The molecule has 0 spiro atoms. The zero-order chi connectivity index (χ0) is 24.0. The number of hydrogen-bond acceptors (Lipinski definition) is 5. The summed E-state index contributed by atoms with van der Waals surface area (Å²) in [5.74, 6) is -0.183. The van der Waals surface area contributed by atoms with E-state index < -0.39 is 28.0 Å². The van der Waals surface area contributed by atoms with Crippen molar-refractivity contribution in [2.45, 2.75) is 36.6 Å². The fraction of sp³-hybridized carbons (Fsp3) is 0.364. The van der Waals surface area contributed by atoms with Gasteiger partial charge >= 0.3 is 6.03 Å². The molecule has 0 radical (unpaired) electrons. The number of nitrogens with zero attached hydrogens (tertiary/aromatic N) is 1. The van der Waals surface area contributed by atoms with Crippen LogP contribution in [0.25, 0.3) is 0 Å². The fourth-order valence-corrected chi connectivity index (χ4v) is 5.57. The molecule has 33 heavy (non-hydrogen) atoms. The Morgan fingerprint density at radius 2 is 1.85 bits per heavy atom. The largest absolute Gasteiger partial charge is 0.495 e. The molecule has 1 saturated heterocycles. The lowest BCUT2D eigenvalue weighted by atomic mass is 10.0. The van der Waals surface area contributed by atoms with E-state index in [4.69, 9.17) is 22.1 Å². The Labute approximate surface area is 198 Å². The van der Waals surface area contributed by atoms with Gasteiger partial charge in [0.25, 0.3) is 0 Å². The predicted molar refractivity (Wildman–Crippen MR) is 126 cm³/mol. The Bertz CT molecular complexity index is 1120. The van der Waals surface area contributed by atoms with E-state index in [1.165, 1.54) is 29.6 Å². The number of halogens is 1. The molecule has 11 heteroatoms. The summed E-state index contributed by atoms with van der Waals surface area (Å²) in [4.78, 5) is 24.4. The molecule has 0 bridgehead atoms. The van der Waals surface area contributed by atoms with Crippen molar-refractivity contribution in [1.82, 2.24) is 9.62 Å².